The molecule has 168 valence electrons. The van der Waals surface area contributed by atoms with Crippen LogP contribution in [0.5, 0.6) is 0 Å². The number of carbonyl (C=O) groups is 1. The summed E-state index contributed by atoms with van der Waals surface area (Å²) in [5.41, 5.74) is 2.41. The lowest BCUT2D eigenvalue weighted by Crippen LogP contribution is -2.34. The Morgan fingerprint density at radius 2 is 1.41 bits per heavy atom. The van der Waals surface area contributed by atoms with E-state index < -0.39 is 10.0 Å². The molecule has 0 atom stereocenters. The second kappa shape index (κ2) is 10.1. The Bertz CT molecular complexity index is 1120. The summed E-state index contributed by atoms with van der Waals surface area (Å²) in [6.45, 7) is 6.88. The van der Waals surface area contributed by atoms with Gasteiger partial charge < -0.3 is 4.90 Å². The largest absolute Gasteiger partial charge is 0.308 e. The third-order valence-electron chi connectivity index (χ3n) is 5.21. The minimum atomic E-state index is -3.61. The maximum atomic E-state index is 13.1. The van der Waals surface area contributed by atoms with Gasteiger partial charge in [-0.05, 0) is 53.8 Å². The fraction of sp³-hybridized carbons (Fsp3) is 0.269. The van der Waals surface area contributed by atoms with E-state index in [1.807, 2.05) is 60.7 Å². The Kier molecular flexibility index (Phi) is 7.48. The fourth-order valence-corrected chi connectivity index (χ4v) is 4.43. The molecule has 0 aliphatic rings. The predicted octanol–water partition coefficient (Wildman–Crippen LogP) is 5.00. The topological polar surface area (TPSA) is 66.5 Å². The Morgan fingerprint density at radius 1 is 0.844 bits per heavy atom. The highest BCUT2D eigenvalue weighted by Gasteiger charge is 2.19. The van der Waals surface area contributed by atoms with Crippen LogP contribution in [-0.2, 0) is 15.4 Å². The maximum absolute atomic E-state index is 13.1. The number of sulfonamides is 1. The first-order valence-electron chi connectivity index (χ1n) is 10.7. The smallest absolute Gasteiger partial charge is 0.258 e. The zero-order chi connectivity index (χ0) is 23.2. The monoisotopic (exact) mass is 450 g/mol. The molecule has 0 radical (unpaired) electrons. The number of carbonyl (C=O) groups excluding carboxylic acids is 1. The van der Waals surface area contributed by atoms with Crippen molar-refractivity contribution in [3.05, 3.63) is 96.1 Å². The lowest BCUT2D eigenvalue weighted by atomic mass is 9.87. The summed E-state index contributed by atoms with van der Waals surface area (Å²) in [4.78, 5) is 15.0. The summed E-state index contributed by atoms with van der Waals surface area (Å²) in [5, 5.41) is 0. The van der Waals surface area contributed by atoms with E-state index in [0.29, 0.717) is 18.5 Å². The summed E-state index contributed by atoms with van der Waals surface area (Å²) in [5.74, 6) is -0.113. The number of nitrogens with zero attached hydrogens (tertiary/aromatic N) is 1. The van der Waals surface area contributed by atoms with Crippen LogP contribution in [0.2, 0.25) is 0 Å². The first kappa shape index (κ1) is 23.7. The van der Waals surface area contributed by atoms with Gasteiger partial charge >= 0.3 is 0 Å². The number of amides is 1. The van der Waals surface area contributed by atoms with E-state index in [2.05, 4.69) is 25.5 Å². The van der Waals surface area contributed by atoms with Crippen molar-refractivity contribution >= 4 is 21.6 Å². The van der Waals surface area contributed by atoms with E-state index in [-0.39, 0.29) is 22.8 Å². The van der Waals surface area contributed by atoms with Gasteiger partial charge in [0.2, 0.25) is 10.0 Å². The fourth-order valence-electron chi connectivity index (χ4n) is 3.35. The Balaban J connectivity index is 1.65. The normalized spacial score (nSPS) is 11.8. The third-order valence-corrected chi connectivity index (χ3v) is 6.69. The van der Waals surface area contributed by atoms with Gasteiger partial charge in [-0.1, -0.05) is 69.3 Å². The van der Waals surface area contributed by atoms with Crippen molar-refractivity contribution in [3.8, 4) is 0 Å². The highest BCUT2D eigenvalue weighted by Crippen LogP contribution is 2.23. The van der Waals surface area contributed by atoms with Gasteiger partial charge in [-0.25, -0.2) is 13.1 Å². The van der Waals surface area contributed by atoms with Crippen LogP contribution < -0.4 is 9.62 Å². The van der Waals surface area contributed by atoms with Crippen molar-refractivity contribution < 1.29 is 13.2 Å². The molecule has 0 aliphatic carbocycles. The molecule has 0 bridgehead atoms. The zero-order valence-electron chi connectivity index (χ0n) is 18.8. The number of nitrogens with one attached hydrogen (secondary N) is 1. The summed E-state index contributed by atoms with van der Waals surface area (Å²) in [6, 6.07) is 25.5. The van der Waals surface area contributed by atoms with E-state index in [1.165, 1.54) is 0 Å². The average molecular weight is 451 g/mol. The second-order valence-electron chi connectivity index (χ2n) is 8.68. The molecular weight excluding hydrogens is 420 g/mol. The van der Waals surface area contributed by atoms with E-state index in [9.17, 15) is 13.2 Å². The third kappa shape index (κ3) is 6.05. The van der Waals surface area contributed by atoms with E-state index in [0.717, 1.165) is 11.3 Å². The molecule has 6 heteroatoms. The Hall–Kier alpha value is -2.96. The summed E-state index contributed by atoms with van der Waals surface area (Å²) >= 11 is 0. The molecule has 0 fully saturated rings. The molecular formula is C26H30N2O3S. The van der Waals surface area contributed by atoms with Gasteiger partial charge in [0.1, 0.15) is 0 Å². The van der Waals surface area contributed by atoms with Crippen molar-refractivity contribution in [2.24, 2.45) is 0 Å². The summed E-state index contributed by atoms with van der Waals surface area (Å²) < 4.78 is 28.0. The highest BCUT2D eigenvalue weighted by atomic mass is 32.2. The number of hydrogen-bond donors (Lipinski definition) is 1. The second-order valence-corrected chi connectivity index (χ2v) is 10.5. The first-order chi connectivity index (χ1) is 15.2. The highest BCUT2D eigenvalue weighted by molar-refractivity contribution is 7.89. The molecule has 0 heterocycles. The van der Waals surface area contributed by atoms with Crippen LogP contribution in [0.4, 0.5) is 5.69 Å². The van der Waals surface area contributed by atoms with Gasteiger partial charge in [0.15, 0.2) is 0 Å². The molecule has 1 amide bonds. The Labute approximate surface area is 191 Å². The number of rotatable bonds is 8. The van der Waals surface area contributed by atoms with Crippen LogP contribution in [0.1, 0.15) is 43.1 Å². The van der Waals surface area contributed by atoms with Crippen molar-refractivity contribution in [1.82, 2.24) is 4.72 Å². The number of anilines is 1. The molecule has 0 saturated heterocycles. The standard InChI is InChI=1S/C26H30N2O3S/c1-26(2,3)22-15-17-24(18-16-22)32(30,31)27-19-10-20-28(23-13-8-5-9-14-23)25(29)21-11-6-4-7-12-21/h4-9,11-18,27H,10,19-20H2,1-3H3. The quantitative estimate of drug-likeness (QED) is 0.491. The molecule has 1 N–H and O–H groups in total. The molecule has 0 aliphatic heterocycles. The molecule has 3 aromatic carbocycles. The average Bonchev–Trinajstić information content (AvgIpc) is 2.79. The number of para-hydroxylation sites is 1. The summed E-state index contributed by atoms with van der Waals surface area (Å²) in [6.07, 6.45) is 0.479. The van der Waals surface area contributed by atoms with E-state index >= 15 is 0 Å². The van der Waals surface area contributed by atoms with Crippen molar-refractivity contribution in [3.63, 3.8) is 0 Å². The van der Waals surface area contributed by atoms with Gasteiger partial charge in [-0.15, -0.1) is 0 Å². The van der Waals surface area contributed by atoms with Crippen molar-refractivity contribution in [2.75, 3.05) is 18.0 Å². The van der Waals surface area contributed by atoms with Crippen LogP contribution in [0.3, 0.4) is 0 Å². The SMILES string of the molecule is CC(C)(C)c1ccc(S(=O)(=O)NCCCN(C(=O)c2ccccc2)c2ccccc2)cc1. The lowest BCUT2D eigenvalue weighted by molar-refractivity contribution is 0.0986. The van der Waals surface area contributed by atoms with Crippen LogP contribution in [0.15, 0.2) is 89.8 Å². The molecule has 5 nitrogen and oxygen atoms in total. The Morgan fingerprint density at radius 3 is 1.97 bits per heavy atom. The molecule has 0 saturated carbocycles. The molecule has 0 aromatic heterocycles. The van der Waals surface area contributed by atoms with Crippen LogP contribution in [-0.4, -0.2) is 27.4 Å². The predicted molar refractivity (Wildman–Crippen MR) is 130 cm³/mol. The van der Waals surface area contributed by atoms with Gasteiger partial charge in [-0.3, -0.25) is 4.79 Å². The maximum Gasteiger partial charge on any atom is 0.258 e. The van der Waals surface area contributed by atoms with Crippen LogP contribution >= 0.6 is 0 Å². The van der Waals surface area contributed by atoms with E-state index in [1.54, 1.807) is 29.2 Å². The van der Waals surface area contributed by atoms with Gasteiger partial charge in [0, 0.05) is 24.3 Å². The molecule has 0 spiro atoms. The molecule has 32 heavy (non-hydrogen) atoms. The van der Waals surface area contributed by atoms with Crippen molar-refractivity contribution in [1.29, 1.82) is 0 Å². The van der Waals surface area contributed by atoms with Gasteiger partial charge in [0.05, 0.1) is 4.90 Å². The van der Waals surface area contributed by atoms with Crippen LogP contribution in [0, 0.1) is 0 Å². The molecule has 0 unspecified atom stereocenters. The van der Waals surface area contributed by atoms with Gasteiger partial charge in [0.25, 0.3) is 5.91 Å². The molecule has 3 aromatic rings. The van der Waals surface area contributed by atoms with E-state index in [4.69, 9.17) is 0 Å². The first-order valence-corrected chi connectivity index (χ1v) is 12.2. The van der Waals surface area contributed by atoms with Crippen molar-refractivity contribution in [2.45, 2.75) is 37.5 Å². The lowest BCUT2D eigenvalue weighted by Gasteiger charge is -2.23. The minimum Gasteiger partial charge on any atom is -0.308 e. The number of benzene rings is 3. The molecule has 3 rings (SSSR count). The summed E-state index contributed by atoms with van der Waals surface area (Å²) in [7, 11) is -3.61. The number of hydrogen-bond acceptors (Lipinski definition) is 3. The van der Waals surface area contributed by atoms with Gasteiger partial charge in [-0.2, -0.15) is 0 Å². The van der Waals surface area contributed by atoms with Crippen LogP contribution in [0.25, 0.3) is 0 Å². The zero-order valence-corrected chi connectivity index (χ0v) is 19.6. The minimum absolute atomic E-state index is 0.0398.